The van der Waals surface area contributed by atoms with Crippen LogP contribution in [0.25, 0.3) is 0 Å². The molecule has 8 heteroatoms. The monoisotopic (exact) mass is 351 g/mol. The van der Waals surface area contributed by atoms with E-state index in [0.29, 0.717) is 18.8 Å². The van der Waals surface area contributed by atoms with Gasteiger partial charge in [-0.3, -0.25) is 14.3 Å². The molecule has 0 radical (unpaired) electrons. The molecule has 2 aromatic rings. The number of nitrogens with zero attached hydrogens (tertiary/aromatic N) is 5. The van der Waals surface area contributed by atoms with Crippen LogP contribution in [0.15, 0.2) is 33.8 Å². The quantitative estimate of drug-likeness (QED) is 0.803. The first kappa shape index (κ1) is 14.0. The molecule has 0 bridgehead atoms. The Morgan fingerprint density at radius 3 is 2.90 bits per heavy atom. The first-order valence-corrected chi connectivity index (χ1v) is 7.37. The summed E-state index contributed by atoms with van der Waals surface area (Å²) in [6.45, 7) is 1.25. The number of aryl methyl sites for hydroxylation is 1. The molecule has 0 spiro atoms. The van der Waals surface area contributed by atoms with Crippen LogP contribution in [-0.4, -0.2) is 43.5 Å². The van der Waals surface area contributed by atoms with Crippen LogP contribution >= 0.6 is 15.9 Å². The predicted molar refractivity (Wildman–Crippen MR) is 79.0 cm³/mol. The number of carbonyl (C=O) groups is 1. The van der Waals surface area contributed by atoms with Crippen molar-refractivity contribution in [3.8, 4) is 0 Å². The van der Waals surface area contributed by atoms with Crippen LogP contribution in [0.3, 0.4) is 0 Å². The van der Waals surface area contributed by atoms with E-state index in [2.05, 4.69) is 26.1 Å². The van der Waals surface area contributed by atoms with E-state index in [0.717, 1.165) is 10.9 Å². The topological polar surface area (TPSA) is 73.0 Å². The fourth-order valence-corrected chi connectivity index (χ4v) is 2.74. The highest BCUT2D eigenvalue weighted by Crippen LogP contribution is 2.23. The number of likely N-dealkylation sites (tertiary alicyclic amines) is 1. The molecule has 7 nitrogen and oxygen atoms in total. The smallest absolute Gasteiger partial charge is 0.274 e. The molecule has 110 valence electrons. The van der Waals surface area contributed by atoms with Gasteiger partial charge < -0.3 is 4.90 Å². The molecule has 3 rings (SSSR count). The predicted octanol–water partition coefficient (Wildman–Crippen LogP) is 0.826. The zero-order chi connectivity index (χ0) is 15.0. The summed E-state index contributed by atoms with van der Waals surface area (Å²) in [6.07, 6.45) is 4.49. The zero-order valence-corrected chi connectivity index (χ0v) is 13.0. The molecule has 1 amide bonds. The van der Waals surface area contributed by atoms with E-state index in [1.807, 2.05) is 10.9 Å². The summed E-state index contributed by atoms with van der Waals surface area (Å²) in [5.41, 5.74) is 0.0617. The van der Waals surface area contributed by atoms with Crippen molar-refractivity contribution < 1.29 is 4.79 Å². The van der Waals surface area contributed by atoms with Crippen molar-refractivity contribution in [1.29, 1.82) is 0 Å². The molecule has 1 atom stereocenters. The molecule has 21 heavy (non-hydrogen) atoms. The van der Waals surface area contributed by atoms with Crippen molar-refractivity contribution in [2.45, 2.75) is 12.5 Å². The van der Waals surface area contributed by atoms with Crippen LogP contribution in [0.1, 0.15) is 23.0 Å². The Morgan fingerprint density at radius 1 is 1.43 bits per heavy atom. The van der Waals surface area contributed by atoms with Gasteiger partial charge in [0.15, 0.2) is 0 Å². The third-order valence-electron chi connectivity index (χ3n) is 3.57. The summed E-state index contributed by atoms with van der Waals surface area (Å²) < 4.78 is 3.96. The summed E-state index contributed by atoms with van der Waals surface area (Å²) in [5, 5.41) is 8.26. The van der Waals surface area contributed by atoms with Gasteiger partial charge in [-0.25, -0.2) is 4.68 Å². The highest BCUT2D eigenvalue weighted by molar-refractivity contribution is 9.10. The maximum Gasteiger partial charge on any atom is 0.274 e. The Kier molecular flexibility index (Phi) is 3.62. The summed E-state index contributed by atoms with van der Waals surface area (Å²) in [6, 6.07) is 3.01. The standard InChI is InChI=1S/C13H14BrN5O2/c1-17-12(20)3-2-11(16-17)13(21)18-5-4-10(8-18)19-7-9(14)6-15-19/h2-3,6-7,10H,4-5,8H2,1H3. The van der Waals surface area contributed by atoms with Crippen LogP contribution < -0.4 is 5.56 Å². The SMILES string of the molecule is Cn1nc(C(=O)N2CCC(n3cc(Br)cn3)C2)ccc1=O. The van der Waals surface area contributed by atoms with Gasteiger partial charge in [0.25, 0.3) is 11.5 Å². The fraction of sp³-hybridized carbons (Fsp3) is 0.385. The molecule has 3 heterocycles. The van der Waals surface area contributed by atoms with Crippen LogP contribution in [0.4, 0.5) is 0 Å². The van der Waals surface area contributed by atoms with E-state index < -0.39 is 0 Å². The van der Waals surface area contributed by atoms with E-state index in [1.54, 1.807) is 11.1 Å². The van der Waals surface area contributed by atoms with E-state index in [9.17, 15) is 9.59 Å². The van der Waals surface area contributed by atoms with Gasteiger partial charge in [-0.05, 0) is 28.4 Å². The minimum Gasteiger partial charge on any atom is -0.335 e. The summed E-state index contributed by atoms with van der Waals surface area (Å²) in [7, 11) is 1.53. The van der Waals surface area contributed by atoms with E-state index in [1.165, 1.54) is 23.9 Å². The molecule has 1 saturated heterocycles. The molecule has 1 fully saturated rings. The second-order valence-electron chi connectivity index (χ2n) is 5.01. The zero-order valence-electron chi connectivity index (χ0n) is 11.4. The second-order valence-corrected chi connectivity index (χ2v) is 5.93. The van der Waals surface area contributed by atoms with Crippen molar-refractivity contribution in [1.82, 2.24) is 24.5 Å². The van der Waals surface area contributed by atoms with Gasteiger partial charge in [0, 0.05) is 32.4 Å². The van der Waals surface area contributed by atoms with Crippen molar-refractivity contribution in [2.24, 2.45) is 7.05 Å². The fourth-order valence-electron chi connectivity index (χ4n) is 2.44. The van der Waals surface area contributed by atoms with E-state index in [4.69, 9.17) is 0 Å². The molecule has 0 saturated carbocycles. The molecular formula is C13H14BrN5O2. The molecular weight excluding hydrogens is 338 g/mol. The van der Waals surface area contributed by atoms with Gasteiger partial charge in [-0.2, -0.15) is 10.2 Å². The Labute approximate surface area is 129 Å². The lowest BCUT2D eigenvalue weighted by atomic mass is 10.3. The van der Waals surface area contributed by atoms with E-state index in [-0.39, 0.29) is 17.5 Å². The van der Waals surface area contributed by atoms with Gasteiger partial charge in [-0.1, -0.05) is 0 Å². The maximum atomic E-state index is 12.4. The molecule has 2 aromatic heterocycles. The first-order chi connectivity index (χ1) is 10.0. The van der Waals surface area contributed by atoms with Crippen molar-refractivity contribution in [3.05, 3.63) is 45.0 Å². The maximum absolute atomic E-state index is 12.4. The first-order valence-electron chi connectivity index (χ1n) is 6.58. The molecule has 0 N–H and O–H groups in total. The highest BCUT2D eigenvalue weighted by atomic mass is 79.9. The number of hydrogen-bond donors (Lipinski definition) is 0. The average molecular weight is 352 g/mol. The number of halogens is 1. The van der Waals surface area contributed by atoms with Gasteiger partial charge in [0.1, 0.15) is 5.69 Å². The number of carbonyl (C=O) groups excluding carboxylic acids is 1. The van der Waals surface area contributed by atoms with Crippen LogP contribution in [-0.2, 0) is 7.05 Å². The summed E-state index contributed by atoms with van der Waals surface area (Å²) in [5.74, 6) is -0.153. The highest BCUT2D eigenvalue weighted by Gasteiger charge is 2.29. The van der Waals surface area contributed by atoms with Gasteiger partial charge in [0.05, 0.1) is 16.7 Å². The van der Waals surface area contributed by atoms with Crippen LogP contribution in [0.5, 0.6) is 0 Å². The number of amides is 1. The lowest BCUT2D eigenvalue weighted by Gasteiger charge is -2.16. The van der Waals surface area contributed by atoms with Crippen molar-refractivity contribution in [3.63, 3.8) is 0 Å². The van der Waals surface area contributed by atoms with Gasteiger partial charge in [-0.15, -0.1) is 0 Å². The molecule has 1 unspecified atom stereocenters. The van der Waals surface area contributed by atoms with Crippen LogP contribution in [0.2, 0.25) is 0 Å². The van der Waals surface area contributed by atoms with Gasteiger partial charge in [0.2, 0.25) is 0 Å². The largest absolute Gasteiger partial charge is 0.335 e. The molecule has 1 aliphatic heterocycles. The normalized spacial score (nSPS) is 18.2. The van der Waals surface area contributed by atoms with Gasteiger partial charge >= 0.3 is 0 Å². The minimum absolute atomic E-state index is 0.153. The Bertz CT molecular complexity index is 738. The second kappa shape index (κ2) is 5.44. The Hall–Kier alpha value is -1.96. The molecule has 0 aliphatic carbocycles. The lowest BCUT2D eigenvalue weighted by Crippen LogP contribution is -2.32. The molecule has 0 aromatic carbocycles. The minimum atomic E-state index is -0.229. The lowest BCUT2D eigenvalue weighted by molar-refractivity contribution is 0.0778. The van der Waals surface area contributed by atoms with Crippen molar-refractivity contribution in [2.75, 3.05) is 13.1 Å². The average Bonchev–Trinajstić information content (AvgIpc) is 3.09. The number of aromatic nitrogens is 4. The third kappa shape index (κ3) is 2.76. The molecule has 1 aliphatic rings. The summed E-state index contributed by atoms with van der Waals surface area (Å²) in [4.78, 5) is 25.5. The summed E-state index contributed by atoms with van der Waals surface area (Å²) >= 11 is 3.37. The van der Waals surface area contributed by atoms with Crippen molar-refractivity contribution >= 4 is 21.8 Å². The Balaban J connectivity index is 1.74. The number of hydrogen-bond acceptors (Lipinski definition) is 4. The van der Waals surface area contributed by atoms with E-state index >= 15 is 0 Å². The third-order valence-corrected chi connectivity index (χ3v) is 3.98. The Morgan fingerprint density at radius 2 is 2.24 bits per heavy atom. The van der Waals surface area contributed by atoms with Crippen LogP contribution in [0, 0.1) is 0 Å². The number of rotatable bonds is 2.